The molecule has 1 atom stereocenters. The van der Waals surface area contributed by atoms with E-state index < -0.39 is 29.6 Å². The van der Waals surface area contributed by atoms with Gasteiger partial charge in [-0.05, 0) is 43.5 Å². The summed E-state index contributed by atoms with van der Waals surface area (Å²) in [7, 11) is 1.29. The fraction of sp³-hybridized carbons (Fsp3) is 0.258. The topological polar surface area (TPSA) is 86.6 Å². The number of carbonyl (C=O) groups is 3. The summed E-state index contributed by atoms with van der Waals surface area (Å²) in [6.45, 7) is 5.41. The van der Waals surface area contributed by atoms with Crippen molar-refractivity contribution in [2.24, 2.45) is 0 Å². The van der Waals surface area contributed by atoms with E-state index in [0.29, 0.717) is 11.1 Å². The number of benzene rings is 3. The third kappa shape index (κ3) is 6.11. The van der Waals surface area contributed by atoms with Crippen LogP contribution in [0, 0.1) is 0 Å². The number of carbonyl (C=O) groups excluding carboxylic acids is 3. The van der Waals surface area contributed by atoms with E-state index in [0.717, 1.165) is 16.5 Å². The lowest BCUT2D eigenvalue weighted by atomic mass is 9.90. The van der Waals surface area contributed by atoms with Crippen LogP contribution in [0.1, 0.15) is 43.4 Å². The molecule has 0 spiro atoms. The van der Waals surface area contributed by atoms with Crippen LogP contribution in [0.5, 0.6) is 0 Å². The van der Waals surface area contributed by atoms with Gasteiger partial charge < -0.3 is 14.8 Å². The number of hydrogen-bond acceptors (Lipinski definition) is 5. The number of hydrogen-bond donors (Lipinski definition) is 1. The van der Waals surface area contributed by atoms with Gasteiger partial charge in [-0.25, -0.2) is 9.59 Å². The van der Waals surface area contributed by atoms with Crippen molar-refractivity contribution in [2.45, 2.75) is 44.8 Å². The summed E-state index contributed by atoms with van der Waals surface area (Å²) in [6, 6.07) is 25.2. The first kappa shape index (κ1) is 26.7. The average molecular weight is 513 g/mol. The Morgan fingerprint density at radius 2 is 1.39 bits per heavy atom. The van der Waals surface area contributed by atoms with Crippen LogP contribution in [0.4, 0.5) is 4.79 Å². The third-order valence-electron chi connectivity index (χ3n) is 6.14. The molecule has 0 aliphatic heterocycles. The van der Waals surface area contributed by atoms with Crippen molar-refractivity contribution >= 4 is 28.9 Å². The first-order chi connectivity index (χ1) is 18.2. The van der Waals surface area contributed by atoms with E-state index >= 15 is 0 Å². The molecule has 7 nitrogen and oxygen atoms in total. The fourth-order valence-electron chi connectivity index (χ4n) is 4.47. The molecule has 4 rings (SSSR count). The molecule has 3 aromatic carbocycles. The number of fused-ring (bicyclic) bond motifs is 1. The first-order valence-corrected chi connectivity index (χ1v) is 12.5. The molecule has 1 heterocycles. The van der Waals surface area contributed by atoms with Crippen molar-refractivity contribution in [1.82, 2.24) is 9.88 Å². The highest BCUT2D eigenvalue weighted by molar-refractivity contribution is 5.94. The zero-order valence-corrected chi connectivity index (χ0v) is 22.0. The van der Waals surface area contributed by atoms with Crippen LogP contribution in [0.25, 0.3) is 10.9 Å². The molecule has 1 amide bonds. The van der Waals surface area contributed by atoms with Crippen LogP contribution in [0.15, 0.2) is 91.1 Å². The van der Waals surface area contributed by atoms with Crippen molar-refractivity contribution < 1.29 is 23.9 Å². The first-order valence-electron chi connectivity index (χ1n) is 12.5. The maximum atomic E-state index is 13.7. The van der Waals surface area contributed by atoms with Gasteiger partial charge in [-0.3, -0.25) is 9.36 Å². The predicted molar refractivity (Wildman–Crippen MR) is 146 cm³/mol. The monoisotopic (exact) mass is 512 g/mol. The zero-order chi connectivity index (χ0) is 27.3. The van der Waals surface area contributed by atoms with Crippen LogP contribution >= 0.6 is 0 Å². The van der Waals surface area contributed by atoms with Crippen molar-refractivity contribution in [3.63, 3.8) is 0 Å². The van der Waals surface area contributed by atoms with Crippen LogP contribution in [-0.4, -0.2) is 41.3 Å². The van der Waals surface area contributed by atoms with Crippen molar-refractivity contribution in [3.8, 4) is 0 Å². The molecule has 0 aliphatic carbocycles. The van der Waals surface area contributed by atoms with E-state index in [4.69, 9.17) is 9.47 Å². The molecule has 0 bridgehead atoms. The SMILES string of the molecule is COC(=O)[C@@H](Cc1cn(C(=O)OC(C)(C)C)c2ccccc12)NC(=O)C(c1ccccc1)c1ccccc1. The highest BCUT2D eigenvalue weighted by Gasteiger charge is 2.30. The number of ether oxygens (including phenoxy) is 2. The summed E-state index contributed by atoms with van der Waals surface area (Å²) in [5.74, 6) is -1.52. The molecule has 0 saturated carbocycles. The summed E-state index contributed by atoms with van der Waals surface area (Å²) in [5, 5.41) is 3.70. The van der Waals surface area contributed by atoms with E-state index in [2.05, 4.69) is 5.32 Å². The van der Waals surface area contributed by atoms with Gasteiger partial charge in [-0.1, -0.05) is 78.9 Å². The van der Waals surface area contributed by atoms with Gasteiger partial charge in [0.25, 0.3) is 0 Å². The Balaban J connectivity index is 1.67. The van der Waals surface area contributed by atoms with E-state index in [-0.39, 0.29) is 12.3 Å². The van der Waals surface area contributed by atoms with E-state index in [1.54, 1.807) is 27.0 Å². The Bertz CT molecular complexity index is 1380. The van der Waals surface area contributed by atoms with Crippen molar-refractivity contribution in [3.05, 3.63) is 108 Å². The second kappa shape index (κ2) is 11.3. The maximum absolute atomic E-state index is 13.7. The number of para-hydroxylation sites is 1. The number of nitrogens with one attached hydrogen (secondary N) is 1. The van der Waals surface area contributed by atoms with Gasteiger partial charge in [0.2, 0.25) is 5.91 Å². The summed E-state index contributed by atoms with van der Waals surface area (Å²) < 4.78 is 12.1. The molecule has 0 radical (unpaired) electrons. The van der Waals surface area contributed by atoms with Crippen LogP contribution in [-0.2, 0) is 25.5 Å². The van der Waals surface area contributed by atoms with Crippen LogP contribution in [0.3, 0.4) is 0 Å². The fourth-order valence-corrected chi connectivity index (χ4v) is 4.47. The molecular weight excluding hydrogens is 480 g/mol. The lowest BCUT2D eigenvalue weighted by Gasteiger charge is -2.22. The molecule has 4 aromatic rings. The summed E-state index contributed by atoms with van der Waals surface area (Å²) in [6.07, 6.45) is 1.27. The predicted octanol–water partition coefficient (Wildman–Crippen LogP) is 5.46. The molecule has 1 N–H and O–H groups in total. The van der Waals surface area contributed by atoms with Gasteiger partial charge in [0.05, 0.1) is 18.5 Å². The molecule has 0 saturated heterocycles. The zero-order valence-electron chi connectivity index (χ0n) is 22.0. The van der Waals surface area contributed by atoms with Gasteiger partial charge in [0, 0.05) is 18.0 Å². The number of amides is 1. The highest BCUT2D eigenvalue weighted by atomic mass is 16.6. The number of methoxy groups -OCH3 is 1. The summed E-state index contributed by atoms with van der Waals surface area (Å²) >= 11 is 0. The quantitative estimate of drug-likeness (QED) is 0.333. The minimum absolute atomic E-state index is 0.130. The Morgan fingerprint density at radius 3 is 1.95 bits per heavy atom. The summed E-state index contributed by atoms with van der Waals surface area (Å²) in [5.41, 5.74) is 2.30. The number of aromatic nitrogens is 1. The maximum Gasteiger partial charge on any atom is 0.419 e. The Kier molecular flexibility index (Phi) is 7.96. The summed E-state index contributed by atoms with van der Waals surface area (Å²) in [4.78, 5) is 39.5. The van der Waals surface area contributed by atoms with Gasteiger partial charge in [-0.15, -0.1) is 0 Å². The minimum Gasteiger partial charge on any atom is -0.467 e. The molecule has 0 unspecified atom stereocenters. The van der Waals surface area contributed by atoms with Crippen molar-refractivity contribution in [2.75, 3.05) is 7.11 Å². The third-order valence-corrected chi connectivity index (χ3v) is 6.14. The molecule has 196 valence electrons. The van der Waals surface area contributed by atoms with Gasteiger partial charge in [0.15, 0.2) is 0 Å². The average Bonchev–Trinajstić information content (AvgIpc) is 3.27. The lowest BCUT2D eigenvalue weighted by Crippen LogP contribution is -2.45. The van der Waals surface area contributed by atoms with Crippen molar-refractivity contribution in [1.29, 1.82) is 0 Å². The smallest absolute Gasteiger partial charge is 0.419 e. The van der Waals surface area contributed by atoms with E-state index in [1.165, 1.54) is 11.7 Å². The molecule has 0 aliphatic rings. The molecule has 38 heavy (non-hydrogen) atoms. The lowest BCUT2D eigenvalue weighted by molar-refractivity contribution is -0.145. The molecule has 7 heteroatoms. The minimum atomic E-state index is -0.972. The van der Waals surface area contributed by atoms with Gasteiger partial charge in [0.1, 0.15) is 11.6 Å². The molecular formula is C31H32N2O5. The Labute approximate surface area is 222 Å². The normalized spacial score (nSPS) is 12.2. The van der Waals surface area contributed by atoms with Gasteiger partial charge in [-0.2, -0.15) is 0 Å². The molecule has 0 fully saturated rings. The van der Waals surface area contributed by atoms with E-state index in [9.17, 15) is 14.4 Å². The second-order valence-corrected chi connectivity index (χ2v) is 10.1. The Hall–Kier alpha value is -4.39. The highest BCUT2D eigenvalue weighted by Crippen LogP contribution is 2.27. The van der Waals surface area contributed by atoms with E-state index in [1.807, 2.05) is 84.9 Å². The number of esters is 1. The number of nitrogens with zero attached hydrogens (tertiary/aromatic N) is 1. The largest absolute Gasteiger partial charge is 0.467 e. The van der Waals surface area contributed by atoms with Crippen LogP contribution in [0.2, 0.25) is 0 Å². The van der Waals surface area contributed by atoms with Gasteiger partial charge >= 0.3 is 12.1 Å². The standard InChI is InChI=1S/C31H32N2O5/c1-31(2,3)38-30(36)33-20-23(24-17-11-12-18-26(24)33)19-25(29(35)37-4)32-28(34)27(21-13-7-5-8-14-21)22-15-9-6-10-16-22/h5-18,20,25,27H,19H2,1-4H3,(H,32,34)/t25-/m1/s1. The number of rotatable bonds is 7. The second-order valence-electron chi connectivity index (χ2n) is 10.1. The molecule has 1 aromatic heterocycles. The van der Waals surface area contributed by atoms with Crippen LogP contribution < -0.4 is 5.32 Å². The Morgan fingerprint density at radius 1 is 0.842 bits per heavy atom.